The lowest BCUT2D eigenvalue weighted by Gasteiger charge is -2.46. The van der Waals surface area contributed by atoms with Gasteiger partial charge in [0, 0.05) is 25.2 Å². The highest BCUT2D eigenvalue weighted by molar-refractivity contribution is 7.91. The van der Waals surface area contributed by atoms with Crippen molar-refractivity contribution in [1.29, 1.82) is 0 Å². The summed E-state index contributed by atoms with van der Waals surface area (Å²) in [5.41, 5.74) is 5.62. The van der Waals surface area contributed by atoms with Gasteiger partial charge in [-0.2, -0.15) is 0 Å². The van der Waals surface area contributed by atoms with Crippen LogP contribution >= 0.6 is 0 Å². The second-order valence-corrected chi connectivity index (χ2v) is 6.60. The first-order valence-electron chi connectivity index (χ1n) is 5.28. The summed E-state index contributed by atoms with van der Waals surface area (Å²) in [4.78, 5) is 2.38. The van der Waals surface area contributed by atoms with Gasteiger partial charge in [0.1, 0.15) is 9.84 Å². The molecule has 0 aliphatic carbocycles. The Bertz CT molecular complexity index is 286. The lowest BCUT2D eigenvalue weighted by atomic mass is 9.97. The topological polar surface area (TPSA) is 63.4 Å². The first kappa shape index (κ1) is 10.4. The number of nitrogens with two attached hydrogens (primary N) is 1. The van der Waals surface area contributed by atoms with E-state index in [1.165, 1.54) is 6.42 Å². The fourth-order valence-corrected chi connectivity index (χ4v) is 3.87. The van der Waals surface area contributed by atoms with E-state index in [2.05, 4.69) is 4.90 Å². The van der Waals surface area contributed by atoms with Gasteiger partial charge in [0.25, 0.3) is 0 Å². The minimum atomic E-state index is -2.72. The summed E-state index contributed by atoms with van der Waals surface area (Å²) >= 11 is 0. The van der Waals surface area contributed by atoms with Gasteiger partial charge in [-0.3, -0.25) is 4.90 Å². The summed E-state index contributed by atoms with van der Waals surface area (Å²) in [5.74, 6) is 0.733. The Morgan fingerprint density at radius 1 is 1.21 bits per heavy atom. The highest BCUT2D eigenvalue weighted by Gasteiger charge is 2.35. The van der Waals surface area contributed by atoms with Crippen LogP contribution in [0.5, 0.6) is 0 Å². The molecule has 2 aliphatic heterocycles. The van der Waals surface area contributed by atoms with Crippen molar-refractivity contribution < 1.29 is 8.42 Å². The molecule has 4 nitrogen and oxygen atoms in total. The molecule has 2 saturated heterocycles. The van der Waals surface area contributed by atoms with Crippen LogP contribution in [0.3, 0.4) is 0 Å². The maximum Gasteiger partial charge on any atom is 0.150 e. The minimum Gasteiger partial charge on any atom is -0.329 e. The SMILES string of the molecule is NCC1CCN1C1CCS(=O)(=O)CC1. The van der Waals surface area contributed by atoms with Crippen LogP contribution in [-0.2, 0) is 9.84 Å². The van der Waals surface area contributed by atoms with Gasteiger partial charge in [-0.1, -0.05) is 0 Å². The molecular formula is C9H18N2O2S. The summed E-state index contributed by atoms with van der Waals surface area (Å²) in [6.07, 6.45) is 2.79. The van der Waals surface area contributed by atoms with Gasteiger partial charge < -0.3 is 5.73 Å². The van der Waals surface area contributed by atoms with Crippen LogP contribution in [-0.4, -0.2) is 50.0 Å². The van der Waals surface area contributed by atoms with Gasteiger partial charge in [-0.25, -0.2) is 8.42 Å². The monoisotopic (exact) mass is 218 g/mol. The molecular weight excluding hydrogens is 200 g/mol. The van der Waals surface area contributed by atoms with E-state index in [-0.39, 0.29) is 0 Å². The zero-order chi connectivity index (χ0) is 10.2. The smallest absolute Gasteiger partial charge is 0.150 e. The molecule has 0 bridgehead atoms. The first-order chi connectivity index (χ1) is 6.62. The Balaban J connectivity index is 1.89. The van der Waals surface area contributed by atoms with Crippen molar-refractivity contribution in [2.45, 2.75) is 31.3 Å². The summed E-state index contributed by atoms with van der Waals surface area (Å²) in [6.45, 7) is 1.82. The summed E-state index contributed by atoms with van der Waals surface area (Å²) in [7, 11) is -2.72. The fourth-order valence-electron chi connectivity index (χ4n) is 2.40. The predicted octanol–water partition coefficient (Wildman–Crippen LogP) is -0.403. The van der Waals surface area contributed by atoms with Crippen molar-refractivity contribution in [3.8, 4) is 0 Å². The van der Waals surface area contributed by atoms with Crippen LogP contribution in [0.2, 0.25) is 0 Å². The molecule has 2 aliphatic rings. The first-order valence-corrected chi connectivity index (χ1v) is 7.11. The van der Waals surface area contributed by atoms with Crippen LogP contribution in [0.4, 0.5) is 0 Å². The number of hydrogen-bond acceptors (Lipinski definition) is 4. The highest BCUT2D eigenvalue weighted by Crippen LogP contribution is 2.26. The number of rotatable bonds is 2. The molecule has 2 fully saturated rings. The average Bonchev–Trinajstić information content (AvgIpc) is 2.07. The van der Waals surface area contributed by atoms with E-state index in [0.29, 0.717) is 30.1 Å². The molecule has 5 heteroatoms. The van der Waals surface area contributed by atoms with Crippen LogP contribution in [0, 0.1) is 0 Å². The third kappa shape index (κ3) is 1.94. The molecule has 0 aromatic rings. The maximum atomic E-state index is 11.2. The minimum absolute atomic E-state index is 0.367. The van der Waals surface area contributed by atoms with Gasteiger partial charge in [0.05, 0.1) is 11.5 Å². The van der Waals surface area contributed by atoms with Gasteiger partial charge in [0.15, 0.2) is 0 Å². The van der Waals surface area contributed by atoms with Gasteiger partial charge in [0.2, 0.25) is 0 Å². The van der Waals surface area contributed by atoms with E-state index in [1.54, 1.807) is 0 Å². The quantitative estimate of drug-likeness (QED) is 0.685. The summed E-state index contributed by atoms with van der Waals surface area (Å²) in [6, 6.07) is 0.988. The molecule has 0 spiro atoms. The molecule has 0 aromatic heterocycles. The molecule has 1 atom stereocenters. The van der Waals surface area contributed by atoms with Crippen molar-refractivity contribution in [1.82, 2.24) is 4.90 Å². The Morgan fingerprint density at radius 2 is 1.86 bits per heavy atom. The van der Waals surface area contributed by atoms with E-state index in [1.807, 2.05) is 0 Å². The van der Waals surface area contributed by atoms with E-state index < -0.39 is 9.84 Å². The van der Waals surface area contributed by atoms with Crippen molar-refractivity contribution in [3.05, 3.63) is 0 Å². The molecule has 0 saturated carbocycles. The fraction of sp³-hybridized carbons (Fsp3) is 1.00. The number of hydrogen-bond donors (Lipinski definition) is 1. The lowest BCUT2D eigenvalue weighted by Crippen LogP contribution is -2.57. The lowest BCUT2D eigenvalue weighted by molar-refractivity contribution is 0.0416. The third-order valence-corrected chi connectivity index (χ3v) is 5.17. The largest absolute Gasteiger partial charge is 0.329 e. The molecule has 14 heavy (non-hydrogen) atoms. The van der Waals surface area contributed by atoms with Gasteiger partial charge in [-0.05, 0) is 19.3 Å². The number of sulfone groups is 1. The van der Waals surface area contributed by atoms with Crippen molar-refractivity contribution in [2.24, 2.45) is 5.73 Å². The molecule has 2 rings (SSSR count). The third-order valence-electron chi connectivity index (χ3n) is 3.45. The summed E-state index contributed by atoms with van der Waals surface area (Å²) < 4.78 is 22.5. The summed E-state index contributed by atoms with van der Waals surface area (Å²) in [5, 5.41) is 0. The standard InChI is InChI=1S/C9H18N2O2S/c10-7-9-1-4-11(9)8-2-5-14(12,13)6-3-8/h8-9H,1-7,10H2. The molecule has 82 valence electrons. The van der Waals surface area contributed by atoms with Crippen molar-refractivity contribution in [3.63, 3.8) is 0 Å². The van der Waals surface area contributed by atoms with Crippen LogP contribution in [0.25, 0.3) is 0 Å². The van der Waals surface area contributed by atoms with Crippen LogP contribution < -0.4 is 5.73 Å². The second kappa shape index (κ2) is 3.79. The van der Waals surface area contributed by atoms with E-state index in [4.69, 9.17) is 5.73 Å². The van der Waals surface area contributed by atoms with Crippen molar-refractivity contribution in [2.75, 3.05) is 24.6 Å². The molecule has 0 aromatic carbocycles. The van der Waals surface area contributed by atoms with Gasteiger partial charge >= 0.3 is 0 Å². The molecule has 0 radical (unpaired) electrons. The number of nitrogens with zero attached hydrogens (tertiary/aromatic N) is 1. The zero-order valence-electron chi connectivity index (χ0n) is 8.35. The Hall–Kier alpha value is -0.130. The maximum absolute atomic E-state index is 11.2. The zero-order valence-corrected chi connectivity index (χ0v) is 9.17. The average molecular weight is 218 g/mol. The van der Waals surface area contributed by atoms with E-state index >= 15 is 0 Å². The van der Waals surface area contributed by atoms with E-state index in [0.717, 1.165) is 19.4 Å². The van der Waals surface area contributed by atoms with Crippen LogP contribution in [0.1, 0.15) is 19.3 Å². The Kier molecular flexibility index (Phi) is 2.81. The molecule has 1 unspecified atom stereocenters. The van der Waals surface area contributed by atoms with Crippen LogP contribution in [0.15, 0.2) is 0 Å². The van der Waals surface area contributed by atoms with Gasteiger partial charge in [-0.15, -0.1) is 0 Å². The highest BCUT2D eigenvalue weighted by atomic mass is 32.2. The Morgan fingerprint density at radius 3 is 2.29 bits per heavy atom. The van der Waals surface area contributed by atoms with E-state index in [9.17, 15) is 8.42 Å². The predicted molar refractivity (Wildman–Crippen MR) is 55.8 cm³/mol. The Labute approximate surface area is 85.4 Å². The molecule has 2 heterocycles. The number of likely N-dealkylation sites (tertiary alicyclic amines) is 1. The normalized spacial score (nSPS) is 33.9. The molecule has 0 amide bonds. The second-order valence-electron chi connectivity index (χ2n) is 4.30. The molecule has 2 N–H and O–H groups in total. The van der Waals surface area contributed by atoms with Crippen molar-refractivity contribution >= 4 is 9.84 Å².